The summed E-state index contributed by atoms with van der Waals surface area (Å²) in [5.41, 5.74) is 1.03. The van der Waals surface area contributed by atoms with Crippen molar-refractivity contribution in [3.63, 3.8) is 0 Å². The molecule has 76 valence electrons. The van der Waals surface area contributed by atoms with E-state index < -0.39 is 0 Å². The van der Waals surface area contributed by atoms with Gasteiger partial charge < -0.3 is 5.32 Å². The van der Waals surface area contributed by atoms with Gasteiger partial charge in [0.1, 0.15) is 5.82 Å². The molecule has 0 saturated heterocycles. The van der Waals surface area contributed by atoms with Crippen LogP contribution in [0.25, 0.3) is 0 Å². The Bertz CT molecular complexity index is 305. The number of hydrogen-bond acceptors (Lipinski definition) is 1. The van der Waals surface area contributed by atoms with E-state index in [1.807, 2.05) is 6.07 Å². The summed E-state index contributed by atoms with van der Waals surface area (Å²) in [6.45, 7) is 3.05. The van der Waals surface area contributed by atoms with Gasteiger partial charge in [0.05, 0.1) is 0 Å². The lowest BCUT2D eigenvalue weighted by molar-refractivity contribution is 0.240. The van der Waals surface area contributed by atoms with Crippen LogP contribution in [0.1, 0.15) is 25.3 Å². The fourth-order valence-electron chi connectivity index (χ4n) is 1.98. The van der Waals surface area contributed by atoms with Gasteiger partial charge in [0.25, 0.3) is 0 Å². The molecular formula is C12H16FN. The second-order valence-electron chi connectivity index (χ2n) is 4.28. The van der Waals surface area contributed by atoms with Gasteiger partial charge in [-0.25, -0.2) is 4.39 Å². The number of benzene rings is 1. The Morgan fingerprint density at radius 3 is 2.86 bits per heavy atom. The zero-order valence-electron chi connectivity index (χ0n) is 8.46. The van der Waals surface area contributed by atoms with E-state index >= 15 is 0 Å². The predicted octanol–water partition coefficient (Wildman–Crippen LogP) is 2.71. The van der Waals surface area contributed by atoms with Crippen molar-refractivity contribution in [2.24, 2.45) is 5.92 Å². The Hall–Kier alpha value is -0.890. The first-order valence-electron chi connectivity index (χ1n) is 5.22. The maximum absolute atomic E-state index is 12.8. The van der Waals surface area contributed by atoms with Gasteiger partial charge in [-0.1, -0.05) is 19.1 Å². The first-order chi connectivity index (χ1) is 6.74. The van der Waals surface area contributed by atoms with Crippen LogP contribution in [0, 0.1) is 11.7 Å². The summed E-state index contributed by atoms with van der Waals surface area (Å²) >= 11 is 0. The maximum atomic E-state index is 12.8. The monoisotopic (exact) mass is 193 g/mol. The van der Waals surface area contributed by atoms with Crippen molar-refractivity contribution in [1.82, 2.24) is 5.32 Å². The number of rotatable bonds is 3. The molecule has 1 fully saturated rings. The second-order valence-corrected chi connectivity index (χ2v) is 4.28. The summed E-state index contributed by atoms with van der Waals surface area (Å²) in [6.07, 6.45) is 2.52. The van der Waals surface area contributed by atoms with Crippen LogP contribution in [0.3, 0.4) is 0 Å². The number of halogens is 1. The molecule has 0 bridgehead atoms. The first-order valence-corrected chi connectivity index (χ1v) is 5.22. The van der Waals surface area contributed by atoms with Gasteiger partial charge in [0.2, 0.25) is 0 Å². The van der Waals surface area contributed by atoms with Crippen LogP contribution in [-0.2, 0) is 6.54 Å². The smallest absolute Gasteiger partial charge is 0.123 e. The second kappa shape index (κ2) is 4.09. The lowest BCUT2D eigenvalue weighted by Crippen LogP contribution is -2.39. The molecule has 0 radical (unpaired) electrons. The zero-order valence-corrected chi connectivity index (χ0v) is 8.46. The zero-order chi connectivity index (χ0) is 9.97. The van der Waals surface area contributed by atoms with E-state index in [2.05, 4.69) is 12.2 Å². The fourth-order valence-corrected chi connectivity index (χ4v) is 1.98. The van der Waals surface area contributed by atoms with Crippen LogP contribution in [0.2, 0.25) is 0 Å². The molecule has 0 amide bonds. The standard InChI is InChI=1S/C12H16FN/c1-9-5-12(6-9)14-8-10-3-2-4-11(13)7-10/h2-4,7,9,12,14H,5-6,8H2,1H3. The molecule has 1 aromatic rings. The van der Waals surface area contributed by atoms with Gasteiger partial charge in [0.15, 0.2) is 0 Å². The van der Waals surface area contributed by atoms with Crippen molar-refractivity contribution in [1.29, 1.82) is 0 Å². The summed E-state index contributed by atoms with van der Waals surface area (Å²) < 4.78 is 12.8. The summed E-state index contributed by atoms with van der Waals surface area (Å²) in [5, 5.41) is 3.43. The molecule has 0 aromatic heterocycles. The predicted molar refractivity (Wildman–Crippen MR) is 55.4 cm³/mol. The Kier molecular flexibility index (Phi) is 2.82. The molecule has 0 aliphatic heterocycles. The average molecular weight is 193 g/mol. The van der Waals surface area contributed by atoms with Gasteiger partial charge in [-0.05, 0) is 36.5 Å². The van der Waals surface area contributed by atoms with Gasteiger partial charge in [-0.2, -0.15) is 0 Å². The Morgan fingerprint density at radius 2 is 2.21 bits per heavy atom. The number of hydrogen-bond donors (Lipinski definition) is 1. The molecule has 1 aliphatic rings. The quantitative estimate of drug-likeness (QED) is 0.778. The largest absolute Gasteiger partial charge is 0.310 e. The highest BCUT2D eigenvalue weighted by Crippen LogP contribution is 2.26. The molecular weight excluding hydrogens is 177 g/mol. The van der Waals surface area contributed by atoms with Gasteiger partial charge in [-0.3, -0.25) is 0 Å². The molecule has 0 spiro atoms. The van der Waals surface area contributed by atoms with E-state index in [-0.39, 0.29) is 5.82 Å². The first kappa shape index (κ1) is 9.66. The third-order valence-corrected chi connectivity index (χ3v) is 2.86. The minimum absolute atomic E-state index is 0.147. The van der Waals surface area contributed by atoms with E-state index in [0.717, 1.165) is 18.0 Å². The summed E-state index contributed by atoms with van der Waals surface area (Å²) in [4.78, 5) is 0. The van der Waals surface area contributed by atoms with Crippen LogP contribution < -0.4 is 5.32 Å². The Morgan fingerprint density at radius 1 is 1.43 bits per heavy atom. The number of nitrogens with one attached hydrogen (secondary N) is 1. The minimum atomic E-state index is -0.147. The van der Waals surface area contributed by atoms with Crippen molar-refractivity contribution in [3.05, 3.63) is 35.6 Å². The van der Waals surface area contributed by atoms with Crippen LogP contribution >= 0.6 is 0 Å². The molecule has 1 nitrogen and oxygen atoms in total. The van der Waals surface area contributed by atoms with Gasteiger partial charge in [0, 0.05) is 12.6 Å². The van der Waals surface area contributed by atoms with Crippen LogP contribution in [0.4, 0.5) is 4.39 Å². The van der Waals surface area contributed by atoms with Crippen LogP contribution in [0.5, 0.6) is 0 Å². The van der Waals surface area contributed by atoms with Gasteiger partial charge in [-0.15, -0.1) is 0 Å². The SMILES string of the molecule is CC1CC(NCc2cccc(F)c2)C1. The van der Waals surface area contributed by atoms with E-state index in [4.69, 9.17) is 0 Å². The van der Waals surface area contributed by atoms with Crippen LogP contribution in [-0.4, -0.2) is 6.04 Å². The molecule has 0 heterocycles. The third kappa shape index (κ3) is 2.32. The van der Waals surface area contributed by atoms with E-state index in [1.165, 1.54) is 18.9 Å². The van der Waals surface area contributed by atoms with E-state index in [9.17, 15) is 4.39 Å². The van der Waals surface area contributed by atoms with Crippen molar-refractivity contribution in [3.8, 4) is 0 Å². The third-order valence-electron chi connectivity index (χ3n) is 2.86. The highest BCUT2D eigenvalue weighted by Gasteiger charge is 2.24. The molecule has 2 rings (SSSR count). The molecule has 0 unspecified atom stereocenters. The van der Waals surface area contributed by atoms with E-state index in [1.54, 1.807) is 12.1 Å². The van der Waals surface area contributed by atoms with Crippen molar-refractivity contribution >= 4 is 0 Å². The molecule has 1 N–H and O–H groups in total. The molecule has 1 saturated carbocycles. The summed E-state index contributed by atoms with van der Waals surface area (Å²) in [5.74, 6) is 0.714. The summed E-state index contributed by atoms with van der Waals surface area (Å²) in [6, 6.07) is 7.44. The molecule has 1 aromatic carbocycles. The Labute approximate surface area is 84.3 Å². The molecule has 2 heteroatoms. The highest BCUT2D eigenvalue weighted by molar-refractivity contribution is 5.16. The fraction of sp³-hybridized carbons (Fsp3) is 0.500. The van der Waals surface area contributed by atoms with Gasteiger partial charge >= 0.3 is 0 Å². The topological polar surface area (TPSA) is 12.0 Å². The lowest BCUT2D eigenvalue weighted by atomic mass is 9.82. The average Bonchev–Trinajstić information content (AvgIpc) is 2.11. The lowest BCUT2D eigenvalue weighted by Gasteiger charge is -2.33. The highest BCUT2D eigenvalue weighted by atomic mass is 19.1. The van der Waals surface area contributed by atoms with Crippen molar-refractivity contribution in [2.75, 3.05) is 0 Å². The van der Waals surface area contributed by atoms with Crippen LogP contribution in [0.15, 0.2) is 24.3 Å². The van der Waals surface area contributed by atoms with Crippen molar-refractivity contribution < 1.29 is 4.39 Å². The molecule has 14 heavy (non-hydrogen) atoms. The van der Waals surface area contributed by atoms with Crippen molar-refractivity contribution in [2.45, 2.75) is 32.4 Å². The minimum Gasteiger partial charge on any atom is -0.310 e. The molecule has 1 aliphatic carbocycles. The summed E-state index contributed by atoms with van der Waals surface area (Å²) in [7, 11) is 0. The molecule has 0 atom stereocenters. The normalized spacial score (nSPS) is 25.9. The maximum Gasteiger partial charge on any atom is 0.123 e. The van der Waals surface area contributed by atoms with E-state index in [0.29, 0.717) is 6.04 Å². The Balaban J connectivity index is 1.80.